The average Bonchev–Trinajstić information content (AvgIpc) is 2.86. The van der Waals surface area contributed by atoms with Gasteiger partial charge in [0.15, 0.2) is 11.5 Å². The monoisotopic (exact) mass is 526 g/mol. The highest BCUT2D eigenvalue weighted by molar-refractivity contribution is 7.92. The SMILES string of the molecule is COC(=O)c1cccc(NC(=O)CN(c2cc(C)cc(C)c2)S(=O)(=O)c2ccc(OC)c(OC)c2)c1C. The number of ether oxygens (including phenoxy) is 3. The summed E-state index contributed by atoms with van der Waals surface area (Å²) in [4.78, 5) is 25.2. The number of nitrogens with one attached hydrogen (secondary N) is 1. The Morgan fingerprint density at radius 2 is 1.51 bits per heavy atom. The highest BCUT2D eigenvalue weighted by Gasteiger charge is 2.29. The molecule has 10 heteroatoms. The molecular formula is C27H30N2O7S. The van der Waals surface area contributed by atoms with Crippen molar-refractivity contribution in [2.75, 3.05) is 37.5 Å². The molecule has 0 aliphatic heterocycles. The highest BCUT2D eigenvalue weighted by atomic mass is 32.2. The number of aryl methyl sites for hydroxylation is 2. The van der Waals surface area contributed by atoms with Crippen molar-refractivity contribution < 1.29 is 32.2 Å². The first kappa shape index (κ1) is 27.5. The van der Waals surface area contributed by atoms with E-state index in [-0.39, 0.29) is 10.6 Å². The summed E-state index contributed by atoms with van der Waals surface area (Å²) < 4.78 is 44.0. The number of hydrogen-bond donors (Lipinski definition) is 1. The molecule has 3 rings (SSSR count). The molecule has 37 heavy (non-hydrogen) atoms. The van der Waals surface area contributed by atoms with Crippen molar-refractivity contribution in [2.24, 2.45) is 0 Å². The first-order valence-electron chi connectivity index (χ1n) is 11.3. The van der Waals surface area contributed by atoms with Gasteiger partial charge in [0.05, 0.1) is 37.5 Å². The molecule has 0 saturated heterocycles. The number of amides is 1. The van der Waals surface area contributed by atoms with Crippen LogP contribution in [0.4, 0.5) is 11.4 Å². The van der Waals surface area contributed by atoms with Crippen molar-refractivity contribution in [3.63, 3.8) is 0 Å². The molecule has 0 aromatic heterocycles. The zero-order valence-corrected chi connectivity index (χ0v) is 22.4. The Labute approximate surface area is 217 Å². The summed E-state index contributed by atoms with van der Waals surface area (Å²) in [5.41, 5.74) is 3.18. The second-order valence-corrected chi connectivity index (χ2v) is 10.3. The van der Waals surface area contributed by atoms with Crippen LogP contribution >= 0.6 is 0 Å². The topological polar surface area (TPSA) is 111 Å². The number of rotatable bonds is 9. The molecule has 0 heterocycles. The second kappa shape index (κ2) is 11.3. The van der Waals surface area contributed by atoms with E-state index >= 15 is 0 Å². The van der Waals surface area contributed by atoms with Crippen LogP contribution in [0.3, 0.4) is 0 Å². The van der Waals surface area contributed by atoms with Crippen molar-refractivity contribution in [3.8, 4) is 11.5 Å². The van der Waals surface area contributed by atoms with Gasteiger partial charge in [0, 0.05) is 11.8 Å². The van der Waals surface area contributed by atoms with E-state index in [1.54, 1.807) is 37.3 Å². The Bertz CT molecular complexity index is 1410. The number of methoxy groups -OCH3 is 3. The van der Waals surface area contributed by atoms with Crippen LogP contribution in [-0.4, -0.2) is 48.2 Å². The third-order valence-corrected chi connectivity index (χ3v) is 7.51. The van der Waals surface area contributed by atoms with E-state index in [0.29, 0.717) is 28.3 Å². The van der Waals surface area contributed by atoms with Crippen molar-refractivity contribution in [2.45, 2.75) is 25.7 Å². The van der Waals surface area contributed by atoms with E-state index in [2.05, 4.69) is 5.32 Å². The Balaban J connectivity index is 2.03. The third-order valence-electron chi connectivity index (χ3n) is 5.74. The van der Waals surface area contributed by atoms with Gasteiger partial charge in [-0.1, -0.05) is 12.1 Å². The summed E-state index contributed by atoms with van der Waals surface area (Å²) in [7, 11) is -0.0692. The molecule has 0 saturated carbocycles. The van der Waals surface area contributed by atoms with Gasteiger partial charge in [-0.3, -0.25) is 9.10 Å². The van der Waals surface area contributed by atoms with Gasteiger partial charge >= 0.3 is 5.97 Å². The van der Waals surface area contributed by atoms with Crippen LogP contribution in [0.5, 0.6) is 11.5 Å². The minimum absolute atomic E-state index is 0.0685. The molecule has 0 unspecified atom stereocenters. The van der Waals surface area contributed by atoms with Gasteiger partial charge in [0.25, 0.3) is 10.0 Å². The van der Waals surface area contributed by atoms with Crippen LogP contribution in [0.2, 0.25) is 0 Å². The minimum Gasteiger partial charge on any atom is -0.493 e. The molecule has 0 atom stereocenters. The quantitative estimate of drug-likeness (QED) is 0.415. The molecule has 0 aliphatic carbocycles. The molecule has 0 radical (unpaired) electrons. The Morgan fingerprint density at radius 1 is 0.865 bits per heavy atom. The van der Waals surface area contributed by atoms with Gasteiger partial charge in [-0.15, -0.1) is 0 Å². The average molecular weight is 527 g/mol. The summed E-state index contributed by atoms with van der Waals surface area (Å²) in [5, 5.41) is 2.73. The molecule has 9 nitrogen and oxygen atoms in total. The fourth-order valence-electron chi connectivity index (χ4n) is 3.94. The minimum atomic E-state index is -4.21. The van der Waals surface area contributed by atoms with Crippen LogP contribution in [0.1, 0.15) is 27.0 Å². The lowest BCUT2D eigenvalue weighted by Crippen LogP contribution is -2.38. The fraction of sp³-hybridized carbons (Fsp3) is 0.259. The van der Waals surface area contributed by atoms with E-state index in [1.165, 1.54) is 39.5 Å². The van der Waals surface area contributed by atoms with Crippen LogP contribution in [0.15, 0.2) is 59.5 Å². The van der Waals surface area contributed by atoms with Crippen molar-refractivity contribution in [3.05, 3.63) is 76.9 Å². The molecule has 0 fully saturated rings. The van der Waals surface area contributed by atoms with E-state index in [4.69, 9.17) is 14.2 Å². The first-order chi connectivity index (χ1) is 17.5. The van der Waals surface area contributed by atoms with Gasteiger partial charge in [0.2, 0.25) is 5.91 Å². The van der Waals surface area contributed by atoms with E-state index < -0.39 is 28.4 Å². The molecule has 3 aromatic rings. The fourth-order valence-corrected chi connectivity index (χ4v) is 5.36. The zero-order chi connectivity index (χ0) is 27.3. The van der Waals surface area contributed by atoms with Gasteiger partial charge in [-0.25, -0.2) is 13.2 Å². The number of carbonyl (C=O) groups is 2. The number of benzene rings is 3. The maximum Gasteiger partial charge on any atom is 0.338 e. The smallest absolute Gasteiger partial charge is 0.338 e. The predicted molar refractivity (Wildman–Crippen MR) is 141 cm³/mol. The van der Waals surface area contributed by atoms with Crippen LogP contribution in [-0.2, 0) is 19.6 Å². The molecule has 0 bridgehead atoms. The predicted octanol–water partition coefficient (Wildman–Crippen LogP) is 4.25. The van der Waals surface area contributed by atoms with Gasteiger partial charge in [-0.05, 0) is 73.9 Å². The highest BCUT2D eigenvalue weighted by Crippen LogP contribution is 2.33. The van der Waals surface area contributed by atoms with Crippen molar-refractivity contribution in [1.29, 1.82) is 0 Å². The molecule has 196 valence electrons. The summed E-state index contributed by atoms with van der Waals surface area (Å²) in [5.74, 6) is -0.517. The lowest BCUT2D eigenvalue weighted by molar-refractivity contribution is -0.114. The molecular weight excluding hydrogens is 496 g/mol. The number of hydrogen-bond acceptors (Lipinski definition) is 7. The first-order valence-corrected chi connectivity index (χ1v) is 12.8. The maximum absolute atomic E-state index is 13.8. The lowest BCUT2D eigenvalue weighted by atomic mass is 10.1. The summed E-state index contributed by atoms with van der Waals surface area (Å²) in [6.45, 7) is 4.85. The van der Waals surface area contributed by atoms with Gasteiger partial charge < -0.3 is 19.5 Å². The zero-order valence-electron chi connectivity index (χ0n) is 21.6. The standard InChI is InChI=1S/C27H30N2O7S/c1-17-12-18(2)14-20(13-17)29(37(32,33)21-10-11-24(34-4)25(15-21)35-5)16-26(30)28-23-9-7-8-22(19(23)3)27(31)36-6/h7-15H,16H2,1-6H3,(H,28,30). The second-order valence-electron chi connectivity index (χ2n) is 8.39. The van der Waals surface area contributed by atoms with Crippen molar-refractivity contribution >= 4 is 33.3 Å². The van der Waals surface area contributed by atoms with E-state index in [1.807, 2.05) is 19.9 Å². The van der Waals surface area contributed by atoms with Crippen LogP contribution in [0, 0.1) is 20.8 Å². The van der Waals surface area contributed by atoms with E-state index in [9.17, 15) is 18.0 Å². The van der Waals surface area contributed by atoms with E-state index in [0.717, 1.165) is 15.4 Å². The lowest BCUT2D eigenvalue weighted by Gasteiger charge is -2.25. The Kier molecular flexibility index (Phi) is 8.44. The Hall–Kier alpha value is -4.05. The number of anilines is 2. The normalized spacial score (nSPS) is 11.0. The molecule has 1 N–H and O–H groups in total. The molecule has 3 aromatic carbocycles. The number of carbonyl (C=O) groups excluding carboxylic acids is 2. The summed E-state index contributed by atoms with van der Waals surface area (Å²) >= 11 is 0. The molecule has 1 amide bonds. The maximum atomic E-state index is 13.8. The largest absolute Gasteiger partial charge is 0.493 e. The number of nitrogens with zero attached hydrogens (tertiary/aromatic N) is 1. The Morgan fingerprint density at radius 3 is 2.11 bits per heavy atom. The molecule has 0 spiro atoms. The number of sulfonamides is 1. The van der Waals surface area contributed by atoms with Crippen LogP contribution in [0.25, 0.3) is 0 Å². The van der Waals surface area contributed by atoms with Gasteiger partial charge in [0.1, 0.15) is 6.54 Å². The van der Waals surface area contributed by atoms with Crippen molar-refractivity contribution in [1.82, 2.24) is 0 Å². The third kappa shape index (κ3) is 6.03. The number of esters is 1. The summed E-state index contributed by atoms with van der Waals surface area (Å²) in [6, 6.07) is 14.4. The summed E-state index contributed by atoms with van der Waals surface area (Å²) in [6.07, 6.45) is 0. The van der Waals surface area contributed by atoms with Crippen LogP contribution < -0.4 is 19.1 Å². The molecule has 0 aliphatic rings. The van der Waals surface area contributed by atoms with Gasteiger partial charge in [-0.2, -0.15) is 0 Å².